The molecule has 0 aliphatic heterocycles. The Bertz CT molecular complexity index is 850. The molecule has 0 saturated heterocycles. The second-order valence-corrected chi connectivity index (χ2v) is 5.92. The van der Waals surface area contributed by atoms with Gasteiger partial charge >= 0.3 is 5.97 Å². The summed E-state index contributed by atoms with van der Waals surface area (Å²) in [6, 6.07) is 7.45. The Morgan fingerprint density at radius 1 is 1.08 bits per heavy atom. The minimum absolute atomic E-state index is 0.0936. The molecule has 25 heavy (non-hydrogen) atoms. The highest BCUT2D eigenvalue weighted by atomic mass is 35.5. The molecule has 2 aromatic rings. The van der Waals surface area contributed by atoms with E-state index in [4.69, 9.17) is 27.9 Å². The fourth-order valence-electron chi connectivity index (χ4n) is 1.95. The molecule has 1 atom stereocenters. The number of hydrogen-bond acceptors (Lipinski definition) is 3. The van der Waals surface area contributed by atoms with E-state index in [-0.39, 0.29) is 5.56 Å². The summed E-state index contributed by atoms with van der Waals surface area (Å²) in [5.41, 5.74) is 0.450. The molecule has 0 fully saturated rings. The van der Waals surface area contributed by atoms with Crippen LogP contribution in [0, 0.1) is 11.6 Å². The first-order chi connectivity index (χ1) is 11.8. The second kappa shape index (κ2) is 8.23. The minimum atomic E-state index is -1.16. The van der Waals surface area contributed by atoms with Crippen LogP contribution in [0.15, 0.2) is 42.5 Å². The monoisotopic (exact) mass is 384 g/mol. The van der Waals surface area contributed by atoms with Crippen molar-refractivity contribution < 1.29 is 23.1 Å². The number of ether oxygens (including phenoxy) is 1. The molecule has 2 rings (SSSR count). The lowest BCUT2D eigenvalue weighted by atomic mass is 10.1. The SMILES string of the molecule is CC(OC(=O)/C=C/c1ccc(Cl)cc1Cl)C(=O)c1ccc(F)c(F)c1. The normalized spacial score (nSPS) is 12.2. The Morgan fingerprint density at radius 3 is 2.44 bits per heavy atom. The standard InChI is InChI=1S/C18H12Cl2F2O3/c1-10(18(24)12-3-6-15(21)16(22)8-12)25-17(23)7-4-11-2-5-13(19)9-14(11)20/h2-10H,1H3/b7-4+. The van der Waals surface area contributed by atoms with Crippen molar-refractivity contribution in [3.63, 3.8) is 0 Å². The lowest BCUT2D eigenvalue weighted by molar-refractivity contribution is -0.140. The number of hydrogen-bond donors (Lipinski definition) is 0. The van der Waals surface area contributed by atoms with E-state index in [1.165, 1.54) is 19.1 Å². The van der Waals surface area contributed by atoms with Gasteiger partial charge < -0.3 is 4.74 Å². The maximum Gasteiger partial charge on any atom is 0.331 e. The molecular formula is C18H12Cl2F2O3. The van der Waals surface area contributed by atoms with Crippen LogP contribution >= 0.6 is 23.2 Å². The highest BCUT2D eigenvalue weighted by Gasteiger charge is 2.19. The van der Waals surface area contributed by atoms with Gasteiger partial charge in [-0.2, -0.15) is 0 Å². The van der Waals surface area contributed by atoms with Crippen LogP contribution in [-0.2, 0) is 9.53 Å². The number of ketones is 1. The minimum Gasteiger partial charge on any atom is -0.451 e. The van der Waals surface area contributed by atoms with Crippen molar-refractivity contribution in [3.05, 3.63) is 75.3 Å². The maximum absolute atomic E-state index is 13.2. The smallest absolute Gasteiger partial charge is 0.331 e. The van der Waals surface area contributed by atoms with E-state index in [0.717, 1.165) is 24.3 Å². The van der Waals surface area contributed by atoms with Gasteiger partial charge in [0.25, 0.3) is 0 Å². The lowest BCUT2D eigenvalue weighted by Crippen LogP contribution is -2.23. The van der Waals surface area contributed by atoms with E-state index >= 15 is 0 Å². The molecule has 0 amide bonds. The summed E-state index contributed by atoms with van der Waals surface area (Å²) in [6.45, 7) is 1.34. The molecule has 0 radical (unpaired) electrons. The zero-order valence-corrected chi connectivity index (χ0v) is 14.4. The number of halogens is 4. The van der Waals surface area contributed by atoms with Crippen LogP contribution in [0.5, 0.6) is 0 Å². The van der Waals surface area contributed by atoms with E-state index < -0.39 is 29.5 Å². The van der Waals surface area contributed by atoms with Crippen LogP contribution in [-0.4, -0.2) is 17.9 Å². The van der Waals surface area contributed by atoms with Crippen LogP contribution in [0.25, 0.3) is 6.08 Å². The summed E-state index contributed by atoms with van der Waals surface area (Å²) in [5, 5.41) is 0.804. The molecule has 0 heterocycles. The van der Waals surface area contributed by atoms with E-state index in [1.54, 1.807) is 12.1 Å². The van der Waals surface area contributed by atoms with Crippen molar-refractivity contribution in [1.29, 1.82) is 0 Å². The topological polar surface area (TPSA) is 43.4 Å². The number of rotatable bonds is 5. The highest BCUT2D eigenvalue weighted by Crippen LogP contribution is 2.22. The second-order valence-electron chi connectivity index (χ2n) is 5.07. The van der Waals surface area contributed by atoms with Crippen LogP contribution in [0.1, 0.15) is 22.8 Å². The third kappa shape index (κ3) is 5.11. The quantitative estimate of drug-likeness (QED) is 0.409. The van der Waals surface area contributed by atoms with Crippen LogP contribution in [0.4, 0.5) is 8.78 Å². The van der Waals surface area contributed by atoms with E-state index in [9.17, 15) is 18.4 Å². The summed E-state index contributed by atoms with van der Waals surface area (Å²) in [4.78, 5) is 23.9. The molecule has 0 spiro atoms. The zero-order valence-electron chi connectivity index (χ0n) is 12.9. The molecule has 3 nitrogen and oxygen atoms in total. The number of esters is 1. The Labute approximate surface area is 152 Å². The van der Waals surface area contributed by atoms with Gasteiger partial charge in [0.15, 0.2) is 17.7 Å². The molecule has 0 bridgehead atoms. The van der Waals surface area contributed by atoms with Gasteiger partial charge in [0, 0.05) is 21.7 Å². The predicted molar refractivity (Wildman–Crippen MR) is 91.7 cm³/mol. The van der Waals surface area contributed by atoms with E-state index in [0.29, 0.717) is 15.6 Å². The average Bonchev–Trinajstić information content (AvgIpc) is 2.55. The van der Waals surface area contributed by atoms with E-state index in [2.05, 4.69) is 0 Å². The molecule has 0 saturated carbocycles. The van der Waals surface area contributed by atoms with Crippen molar-refractivity contribution in [2.24, 2.45) is 0 Å². The summed E-state index contributed by atoms with van der Waals surface area (Å²) in [6.07, 6.45) is 1.35. The first kappa shape index (κ1) is 19.1. The Kier molecular flexibility index (Phi) is 6.28. The van der Waals surface area contributed by atoms with Gasteiger partial charge in [-0.15, -0.1) is 0 Å². The van der Waals surface area contributed by atoms with Gasteiger partial charge in [0.2, 0.25) is 5.78 Å². The summed E-state index contributed by atoms with van der Waals surface area (Å²) in [5.74, 6) is -3.65. The highest BCUT2D eigenvalue weighted by molar-refractivity contribution is 6.35. The largest absolute Gasteiger partial charge is 0.451 e. The van der Waals surface area contributed by atoms with Crippen LogP contribution in [0.2, 0.25) is 10.0 Å². The molecule has 7 heteroatoms. The third-order valence-corrected chi connectivity index (χ3v) is 3.79. The van der Waals surface area contributed by atoms with Crippen molar-refractivity contribution in [1.82, 2.24) is 0 Å². The molecule has 0 aliphatic rings. The zero-order chi connectivity index (χ0) is 18.6. The molecule has 130 valence electrons. The van der Waals surface area contributed by atoms with Crippen molar-refractivity contribution in [2.45, 2.75) is 13.0 Å². The van der Waals surface area contributed by atoms with Gasteiger partial charge in [-0.05, 0) is 48.9 Å². The molecule has 0 N–H and O–H groups in total. The molecule has 0 aromatic heterocycles. The first-order valence-corrected chi connectivity index (χ1v) is 7.86. The summed E-state index contributed by atoms with van der Waals surface area (Å²) in [7, 11) is 0. The van der Waals surface area contributed by atoms with Crippen LogP contribution < -0.4 is 0 Å². The first-order valence-electron chi connectivity index (χ1n) is 7.11. The van der Waals surface area contributed by atoms with Gasteiger partial charge in [0.05, 0.1) is 0 Å². The Hall–Kier alpha value is -2.24. The fraction of sp³-hybridized carbons (Fsp3) is 0.111. The van der Waals surface area contributed by atoms with Gasteiger partial charge in [-0.3, -0.25) is 4.79 Å². The number of benzene rings is 2. The van der Waals surface area contributed by atoms with Gasteiger partial charge in [-0.25, -0.2) is 13.6 Å². The Morgan fingerprint density at radius 2 is 1.80 bits per heavy atom. The van der Waals surface area contributed by atoms with Crippen LogP contribution in [0.3, 0.4) is 0 Å². The Balaban J connectivity index is 2.02. The van der Waals surface area contributed by atoms with Gasteiger partial charge in [-0.1, -0.05) is 29.3 Å². The maximum atomic E-state index is 13.2. The number of Topliss-reactive ketones (excluding diaryl/α,β-unsaturated/α-hetero) is 1. The number of carbonyl (C=O) groups is 2. The van der Waals surface area contributed by atoms with E-state index in [1.807, 2.05) is 0 Å². The molecular weight excluding hydrogens is 373 g/mol. The molecule has 0 aliphatic carbocycles. The lowest BCUT2D eigenvalue weighted by Gasteiger charge is -2.11. The molecule has 2 aromatic carbocycles. The van der Waals surface area contributed by atoms with Gasteiger partial charge in [0.1, 0.15) is 0 Å². The molecule has 1 unspecified atom stereocenters. The summed E-state index contributed by atoms with van der Waals surface area (Å²) >= 11 is 11.7. The number of carbonyl (C=O) groups excluding carboxylic acids is 2. The predicted octanol–water partition coefficient (Wildman–Crippen LogP) is 5.10. The average molecular weight is 385 g/mol. The van der Waals surface area contributed by atoms with Crippen molar-refractivity contribution in [2.75, 3.05) is 0 Å². The van der Waals surface area contributed by atoms with Crippen molar-refractivity contribution in [3.8, 4) is 0 Å². The fourth-order valence-corrected chi connectivity index (χ4v) is 2.42. The third-order valence-electron chi connectivity index (χ3n) is 3.23. The summed E-state index contributed by atoms with van der Waals surface area (Å²) < 4.78 is 31.0. The van der Waals surface area contributed by atoms with Crippen molar-refractivity contribution >= 4 is 41.0 Å².